The summed E-state index contributed by atoms with van der Waals surface area (Å²) in [6.45, 7) is 5.40. The van der Waals surface area contributed by atoms with E-state index in [4.69, 9.17) is 4.98 Å². The van der Waals surface area contributed by atoms with Gasteiger partial charge >= 0.3 is 0 Å². The van der Waals surface area contributed by atoms with Gasteiger partial charge in [0.25, 0.3) is 11.1 Å². The molecule has 10 heteroatoms. The van der Waals surface area contributed by atoms with E-state index >= 15 is 0 Å². The number of rotatable bonds is 5. The van der Waals surface area contributed by atoms with Gasteiger partial charge in [-0.1, -0.05) is 30.3 Å². The molecule has 4 heterocycles. The lowest BCUT2D eigenvalue weighted by Gasteiger charge is -2.37. The van der Waals surface area contributed by atoms with E-state index in [0.29, 0.717) is 29.1 Å². The second-order valence-electron chi connectivity index (χ2n) is 11.2. The predicted octanol–water partition coefficient (Wildman–Crippen LogP) is 3.93. The number of carbonyl (C=O) groups excluding carboxylic acids is 1. The number of nitrogens with zero attached hydrogens (tertiary/aromatic N) is 6. The maximum Gasteiger partial charge on any atom is 0.293 e. The maximum atomic E-state index is 13.4. The minimum Gasteiger partial charge on any atom is -0.343 e. The number of amides is 1. The quantitative estimate of drug-likeness (QED) is 0.339. The van der Waals surface area contributed by atoms with E-state index in [1.165, 1.54) is 4.57 Å². The number of likely N-dealkylation sites (N-methyl/N-ethyl adjacent to an activating group) is 2. The number of aromatic nitrogens is 4. The molecule has 218 valence electrons. The van der Waals surface area contributed by atoms with Gasteiger partial charge in [-0.15, -0.1) is 0 Å². The fraction of sp³-hybridized carbons (Fsp3) is 0.242. The highest BCUT2D eigenvalue weighted by atomic mass is 16.2. The summed E-state index contributed by atoms with van der Waals surface area (Å²) in [4.78, 5) is 52.3. The van der Waals surface area contributed by atoms with Gasteiger partial charge in [0.05, 0.1) is 11.3 Å². The first-order valence-electron chi connectivity index (χ1n) is 14.1. The van der Waals surface area contributed by atoms with Gasteiger partial charge in [0.2, 0.25) is 5.91 Å². The van der Waals surface area contributed by atoms with E-state index in [2.05, 4.69) is 10.3 Å². The van der Waals surface area contributed by atoms with Gasteiger partial charge in [-0.3, -0.25) is 23.7 Å². The van der Waals surface area contributed by atoms with Gasteiger partial charge in [-0.05, 0) is 67.4 Å². The number of pyridine rings is 1. The van der Waals surface area contributed by atoms with E-state index in [9.17, 15) is 14.4 Å². The van der Waals surface area contributed by atoms with Crippen LogP contribution in [0.15, 0.2) is 82.8 Å². The van der Waals surface area contributed by atoms with E-state index in [1.54, 1.807) is 34.9 Å². The molecule has 0 spiro atoms. The fourth-order valence-electron chi connectivity index (χ4n) is 5.61. The number of nitrogens with one attached hydrogen (secondary N) is 1. The van der Waals surface area contributed by atoms with Crippen LogP contribution in [0.3, 0.4) is 0 Å². The first-order valence-corrected chi connectivity index (χ1v) is 14.1. The Bertz CT molecular complexity index is 2000. The highest BCUT2D eigenvalue weighted by Gasteiger charge is 2.31. The first kappa shape index (κ1) is 28.0. The van der Waals surface area contributed by atoms with Gasteiger partial charge < -0.3 is 14.8 Å². The highest BCUT2D eigenvalue weighted by molar-refractivity contribution is 5.84. The lowest BCUT2D eigenvalue weighted by atomic mass is 9.96. The molecule has 10 nitrogen and oxygen atoms in total. The Morgan fingerprint density at radius 3 is 2.37 bits per heavy atom. The normalized spacial score (nSPS) is 15.7. The van der Waals surface area contributed by atoms with Crippen molar-refractivity contribution < 1.29 is 4.79 Å². The van der Waals surface area contributed by atoms with Crippen molar-refractivity contribution in [3.8, 4) is 22.4 Å². The predicted molar refractivity (Wildman–Crippen MR) is 168 cm³/mol. The summed E-state index contributed by atoms with van der Waals surface area (Å²) in [6.07, 6.45) is 5.05. The Kier molecular flexibility index (Phi) is 7.15. The Balaban J connectivity index is 1.34. The third-order valence-electron chi connectivity index (χ3n) is 8.16. The van der Waals surface area contributed by atoms with Crippen LogP contribution in [0.4, 0.5) is 11.5 Å². The van der Waals surface area contributed by atoms with Crippen molar-refractivity contribution in [2.24, 2.45) is 7.05 Å². The average molecular weight is 576 g/mol. The monoisotopic (exact) mass is 575 g/mol. The molecule has 1 unspecified atom stereocenters. The summed E-state index contributed by atoms with van der Waals surface area (Å²) < 4.78 is 3.04. The molecule has 1 N–H and O–H groups in total. The Labute approximate surface area is 248 Å². The maximum absolute atomic E-state index is 13.4. The van der Waals surface area contributed by atoms with Gasteiger partial charge in [0.1, 0.15) is 11.7 Å². The van der Waals surface area contributed by atoms with Crippen LogP contribution in [0.25, 0.3) is 28.0 Å². The van der Waals surface area contributed by atoms with Crippen LogP contribution in [0.1, 0.15) is 22.7 Å². The van der Waals surface area contributed by atoms with E-state index < -0.39 is 0 Å². The van der Waals surface area contributed by atoms with E-state index in [-0.39, 0.29) is 28.9 Å². The molecule has 5 aromatic rings. The molecule has 2 aromatic carbocycles. The standard InChI is InChI=1S/C33H33N7O3/c1-20-13-14-40-28(17-20)34-18-26(31(40)41)24-7-6-8-25(21(24)2)27-19-39(5)33(43)30(36-27)35-23-11-9-22(10-12-23)29-32(42)38(4)16-15-37(29)3/h6-14,17-19,29H,15-16H2,1-5H3,(H,35,36). The SMILES string of the molecule is Cc1ccn2c(=O)c(-c3cccc(-c4cn(C)c(=O)c(Nc5ccc(C6C(=O)N(C)CCN6C)cc5)n4)c3C)cnc2c1. The number of aryl methyl sites for hydroxylation is 2. The molecule has 6 rings (SSSR count). The van der Waals surface area contributed by atoms with Crippen molar-refractivity contribution in [2.45, 2.75) is 19.9 Å². The summed E-state index contributed by atoms with van der Waals surface area (Å²) in [5.41, 5.74) is 6.22. The van der Waals surface area contributed by atoms with Crippen LogP contribution in [0.5, 0.6) is 0 Å². The lowest BCUT2D eigenvalue weighted by Crippen LogP contribution is -2.48. The van der Waals surface area contributed by atoms with Gasteiger partial charge in [0.15, 0.2) is 5.82 Å². The summed E-state index contributed by atoms with van der Waals surface area (Å²) in [5.74, 6) is 0.235. The Morgan fingerprint density at radius 2 is 1.60 bits per heavy atom. The smallest absolute Gasteiger partial charge is 0.293 e. The summed E-state index contributed by atoms with van der Waals surface area (Å²) in [7, 11) is 5.46. The minimum atomic E-state index is -0.340. The zero-order chi connectivity index (χ0) is 30.4. The molecule has 1 fully saturated rings. The second-order valence-corrected chi connectivity index (χ2v) is 11.2. The molecule has 1 amide bonds. The summed E-state index contributed by atoms with van der Waals surface area (Å²) in [5, 5.41) is 3.17. The number of piperazine rings is 1. The topological polar surface area (TPSA) is 105 Å². The van der Waals surface area contributed by atoms with Crippen molar-refractivity contribution in [3.05, 3.63) is 111 Å². The first-order chi connectivity index (χ1) is 20.6. The van der Waals surface area contributed by atoms with Crippen molar-refractivity contribution in [1.82, 2.24) is 28.7 Å². The number of anilines is 2. The molecule has 3 aromatic heterocycles. The molecule has 0 bridgehead atoms. The van der Waals surface area contributed by atoms with Crippen LogP contribution in [-0.4, -0.2) is 61.8 Å². The third-order valence-corrected chi connectivity index (χ3v) is 8.16. The molecular formula is C33H33N7O3. The lowest BCUT2D eigenvalue weighted by molar-refractivity contribution is -0.139. The number of carbonyl (C=O) groups is 1. The van der Waals surface area contributed by atoms with Crippen LogP contribution < -0.4 is 16.4 Å². The van der Waals surface area contributed by atoms with Crippen molar-refractivity contribution in [2.75, 3.05) is 32.5 Å². The summed E-state index contributed by atoms with van der Waals surface area (Å²) in [6, 6.07) is 16.6. The Morgan fingerprint density at radius 1 is 0.860 bits per heavy atom. The molecule has 0 aliphatic carbocycles. The minimum absolute atomic E-state index is 0.0626. The number of hydrogen-bond acceptors (Lipinski definition) is 7. The Hall–Kier alpha value is -5.09. The molecule has 43 heavy (non-hydrogen) atoms. The second kappa shape index (κ2) is 11.0. The van der Waals surface area contributed by atoms with Gasteiger partial charge in [-0.2, -0.15) is 0 Å². The van der Waals surface area contributed by atoms with Crippen LogP contribution in [-0.2, 0) is 11.8 Å². The number of fused-ring (bicyclic) bond motifs is 1. The molecule has 0 radical (unpaired) electrons. The highest BCUT2D eigenvalue weighted by Crippen LogP contribution is 2.30. The van der Waals surface area contributed by atoms with Crippen molar-refractivity contribution in [1.29, 1.82) is 0 Å². The fourth-order valence-corrected chi connectivity index (χ4v) is 5.61. The largest absolute Gasteiger partial charge is 0.343 e. The molecule has 1 aliphatic heterocycles. The van der Waals surface area contributed by atoms with Crippen LogP contribution >= 0.6 is 0 Å². The molecule has 1 saturated heterocycles. The molecular weight excluding hydrogens is 542 g/mol. The average Bonchev–Trinajstić information content (AvgIpc) is 2.99. The van der Waals surface area contributed by atoms with Crippen LogP contribution in [0, 0.1) is 13.8 Å². The van der Waals surface area contributed by atoms with Gasteiger partial charge in [0, 0.05) is 57.0 Å². The number of hydrogen-bond donors (Lipinski definition) is 1. The van der Waals surface area contributed by atoms with Crippen molar-refractivity contribution >= 4 is 23.1 Å². The third kappa shape index (κ3) is 5.10. The molecule has 0 saturated carbocycles. The zero-order valence-corrected chi connectivity index (χ0v) is 24.8. The van der Waals surface area contributed by atoms with Crippen LogP contribution in [0.2, 0.25) is 0 Å². The summed E-state index contributed by atoms with van der Waals surface area (Å²) >= 11 is 0. The molecule has 1 atom stereocenters. The van der Waals surface area contributed by atoms with E-state index in [0.717, 1.165) is 34.4 Å². The molecule has 1 aliphatic rings. The van der Waals surface area contributed by atoms with E-state index in [1.807, 2.05) is 87.4 Å². The van der Waals surface area contributed by atoms with Crippen molar-refractivity contribution in [3.63, 3.8) is 0 Å². The zero-order valence-electron chi connectivity index (χ0n) is 24.8. The van der Waals surface area contributed by atoms with Gasteiger partial charge in [-0.25, -0.2) is 9.97 Å². The number of benzene rings is 2.